The van der Waals surface area contributed by atoms with Crippen molar-refractivity contribution in [1.82, 2.24) is 15.1 Å². The Hall–Kier alpha value is -4.79. The van der Waals surface area contributed by atoms with Crippen molar-refractivity contribution in [2.24, 2.45) is 0 Å². The quantitative estimate of drug-likeness (QED) is 0.421. The molecule has 6 rings (SSSR count). The van der Waals surface area contributed by atoms with Gasteiger partial charge < -0.3 is 19.5 Å². The highest BCUT2D eigenvalue weighted by atomic mass is 16.7. The molecule has 2 aliphatic rings. The molecule has 2 aliphatic heterocycles. The van der Waals surface area contributed by atoms with Crippen LogP contribution in [0.4, 0.5) is 5.69 Å². The number of fused-ring (bicyclic) bond motifs is 2. The summed E-state index contributed by atoms with van der Waals surface area (Å²) in [7, 11) is 1.59. The summed E-state index contributed by atoms with van der Waals surface area (Å²) in [4.78, 5) is 29.5. The van der Waals surface area contributed by atoms with Gasteiger partial charge in [0.05, 0.1) is 19.3 Å². The lowest BCUT2D eigenvalue weighted by atomic mass is 9.93. The number of methoxy groups -OCH3 is 1. The van der Waals surface area contributed by atoms with Gasteiger partial charge in [0.1, 0.15) is 17.0 Å². The molecule has 0 saturated heterocycles. The maximum atomic E-state index is 14.0. The first-order valence-corrected chi connectivity index (χ1v) is 12.3. The molecule has 0 saturated carbocycles. The molecule has 4 aromatic rings. The number of amides is 2. The van der Waals surface area contributed by atoms with Crippen LogP contribution in [0.25, 0.3) is 11.3 Å². The Morgan fingerprint density at radius 1 is 1.03 bits per heavy atom. The van der Waals surface area contributed by atoms with E-state index in [-0.39, 0.29) is 31.7 Å². The molecular weight excluding hydrogens is 484 g/mol. The third-order valence-electron chi connectivity index (χ3n) is 6.96. The highest BCUT2D eigenvalue weighted by molar-refractivity contribution is 6.12. The summed E-state index contributed by atoms with van der Waals surface area (Å²) < 4.78 is 18.1. The zero-order valence-corrected chi connectivity index (χ0v) is 21.0. The summed E-state index contributed by atoms with van der Waals surface area (Å²) in [5, 5.41) is 7.72. The number of carbonyl (C=O) groups excluding carboxylic acids is 2. The summed E-state index contributed by atoms with van der Waals surface area (Å²) in [6.45, 7) is 2.26. The lowest BCUT2D eigenvalue weighted by Crippen LogP contribution is -2.64. The maximum Gasteiger partial charge on any atom is 0.277 e. The molecule has 1 aromatic heterocycles. The number of rotatable bonds is 6. The Labute approximate surface area is 219 Å². The lowest BCUT2D eigenvalue weighted by Gasteiger charge is -2.43. The Morgan fingerprint density at radius 3 is 2.61 bits per heavy atom. The van der Waals surface area contributed by atoms with Crippen LogP contribution in [-0.4, -0.2) is 41.0 Å². The molecule has 0 aliphatic carbocycles. The van der Waals surface area contributed by atoms with E-state index >= 15 is 0 Å². The molecule has 0 spiro atoms. The predicted molar refractivity (Wildman–Crippen MR) is 140 cm³/mol. The van der Waals surface area contributed by atoms with Crippen LogP contribution < -0.4 is 24.4 Å². The van der Waals surface area contributed by atoms with Crippen molar-refractivity contribution in [3.05, 3.63) is 90.1 Å². The third-order valence-corrected chi connectivity index (χ3v) is 6.96. The Morgan fingerprint density at radius 2 is 1.79 bits per heavy atom. The van der Waals surface area contributed by atoms with Gasteiger partial charge in [0.15, 0.2) is 11.5 Å². The van der Waals surface area contributed by atoms with Gasteiger partial charge in [-0.25, -0.2) is 0 Å². The average Bonchev–Trinajstić information content (AvgIpc) is 3.59. The Balaban J connectivity index is 1.39. The molecule has 3 aromatic carbocycles. The van der Waals surface area contributed by atoms with Crippen LogP contribution in [0.1, 0.15) is 23.0 Å². The van der Waals surface area contributed by atoms with Crippen molar-refractivity contribution in [3.8, 4) is 28.5 Å². The van der Waals surface area contributed by atoms with Crippen molar-refractivity contribution in [2.45, 2.75) is 25.6 Å². The van der Waals surface area contributed by atoms with Gasteiger partial charge in [-0.15, -0.1) is 0 Å². The first-order chi connectivity index (χ1) is 18.5. The number of aromatic nitrogens is 2. The fourth-order valence-electron chi connectivity index (χ4n) is 4.98. The van der Waals surface area contributed by atoms with Crippen LogP contribution in [0.15, 0.2) is 78.9 Å². The molecule has 192 valence electrons. The minimum atomic E-state index is -1.29. The van der Waals surface area contributed by atoms with E-state index in [2.05, 4.69) is 5.32 Å². The van der Waals surface area contributed by atoms with E-state index in [0.717, 1.165) is 11.1 Å². The average molecular weight is 511 g/mol. The number of nitrogens with zero attached hydrogens (tertiary/aromatic N) is 3. The number of anilines is 1. The number of carbonyl (C=O) groups is 2. The molecule has 1 N–H and O–H groups in total. The van der Waals surface area contributed by atoms with Crippen LogP contribution in [0.2, 0.25) is 0 Å². The van der Waals surface area contributed by atoms with E-state index in [1.165, 1.54) is 4.90 Å². The summed E-state index contributed by atoms with van der Waals surface area (Å²) in [5.74, 6) is 1.14. The van der Waals surface area contributed by atoms with E-state index in [4.69, 9.17) is 19.3 Å². The molecule has 0 fully saturated rings. The van der Waals surface area contributed by atoms with Gasteiger partial charge in [0.25, 0.3) is 5.91 Å². The monoisotopic (exact) mass is 510 g/mol. The molecule has 9 nitrogen and oxygen atoms in total. The number of benzene rings is 3. The second-order valence-corrected chi connectivity index (χ2v) is 9.38. The molecule has 9 heteroatoms. The molecule has 1 atom stereocenters. The van der Waals surface area contributed by atoms with Crippen molar-refractivity contribution < 1.29 is 23.8 Å². The number of para-hydroxylation sites is 1. The molecular formula is C29H26N4O5. The van der Waals surface area contributed by atoms with E-state index in [1.54, 1.807) is 43.0 Å². The Kier molecular flexibility index (Phi) is 5.75. The van der Waals surface area contributed by atoms with E-state index in [9.17, 15) is 9.59 Å². The fraction of sp³-hybridized carbons (Fsp3) is 0.207. The van der Waals surface area contributed by atoms with E-state index in [0.29, 0.717) is 34.3 Å². The van der Waals surface area contributed by atoms with Gasteiger partial charge in [-0.3, -0.25) is 19.2 Å². The highest BCUT2D eigenvalue weighted by Gasteiger charge is 2.49. The van der Waals surface area contributed by atoms with Crippen molar-refractivity contribution in [1.29, 1.82) is 0 Å². The second kappa shape index (κ2) is 9.26. The largest absolute Gasteiger partial charge is 0.496 e. The van der Waals surface area contributed by atoms with Gasteiger partial charge in [-0.1, -0.05) is 48.5 Å². The summed E-state index contributed by atoms with van der Waals surface area (Å²) in [6, 6.07) is 24.1. The second-order valence-electron chi connectivity index (χ2n) is 9.38. The van der Waals surface area contributed by atoms with Crippen molar-refractivity contribution >= 4 is 17.5 Å². The molecule has 2 amide bonds. The smallest absolute Gasteiger partial charge is 0.277 e. The first kappa shape index (κ1) is 23.6. The van der Waals surface area contributed by atoms with Crippen LogP contribution in [0, 0.1) is 0 Å². The third kappa shape index (κ3) is 3.92. The molecule has 0 bridgehead atoms. The van der Waals surface area contributed by atoms with Crippen molar-refractivity contribution in [3.63, 3.8) is 0 Å². The highest BCUT2D eigenvalue weighted by Crippen LogP contribution is 2.40. The number of hydrogen-bond acceptors (Lipinski definition) is 6. The van der Waals surface area contributed by atoms with Gasteiger partial charge in [-0.2, -0.15) is 5.10 Å². The summed E-state index contributed by atoms with van der Waals surface area (Å²) in [6.07, 6.45) is 0. The maximum absolute atomic E-state index is 14.0. The summed E-state index contributed by atoms with van der Waals surface area (Å²) >= 11 is 0. The number of hydrogen-bond donors (Lipinski definition) is 1. The normalized spacial score (nSPS) is 17.7. The molecule has 1 unspecified atom stereocenters. The zero-order chi connectivity index (χ0) is 26.3. The van der Waals surface area contributed by atoms with Crippen LogP contribution >= 0.6 is 0 Å². The zero-order valence-electron chi connectivity index (χ0n) is 21.0. The number of ether oxygens (including phenoxy) is 3. The van der Waals surface area contributed by atoms with Gasteiger partial charge in [0.2, 0.25) is 12.7 Å². The summed E-state index contributed by atoms with van der Waals surface area (Å²) in [5.41, 5.74) is 2.02. The molecule has 3 heterocycles. The standard InChI is InChI=1S/C29H26N4O5/c1-29(28(35)30-16-20-10-6-7-11-24(20)36-2)17-32-23(15-22(31-32)19-8-4-3-5-9-19)27(34)33(29)21-12-13-25-26(14-21)38-18-37-25/h3-15H,16-18H2,1-2H3,(H,30,35). The lowest BCUT2D eigenvalue weighted by molar-refractivity contribution is -0.126. The van der Waals surface area contributed by atoms with Gasteiger partial charge >= 0.3 is 0 Å². The molecule has 0 radical (unpaired) electrons. The Bertz CT molecular complexity index is 1530. The van der Waals surface area contributed by atoms with Gasteiger partial charge in [-0.05, 0) is 31.2 Å². The SMILES string of the molecule is COc1ccccc1CNC(=O)C1(C)Cn2nc(-c3ccccc3)cc2C(=O)N1c1ccc2c(c1)OCO2. The molecule has 38 heavy (non-hydrogen) atoms. The van der Waals surface area contributed by atoms with Crippen LogP contribution in [-0.2, 0) is 17.9 Å². The van der Waals surface area contributed by atoms with Crippen LogP contribution in [0.5, 0.6) is 17.2 Å². The predicted octanol–water partition coefficient (Wildman–Crippen LogP) is 4.02. The van der Waals surface area contributed by atoms with Gasteiger partial charge in [0, 0.05) is 29.4 Å². The fourth-order valence-corrected chi connectivity index (χ4v) is 4.98. The topological polar surface area (TPSA) is 94.9 Å². The van der Waals surface area contributed by atoms with E-state index in [1.807, 2.05) is 54.6 Å². The first-order valence-electron chi connectivity index (χ1n) is 12.3. The minimum Gasteiger partial charge on any atom is -0.496 e. The number of nitrogens with one attached hydrogen (secondary N) is 1. The van der Waals surface area contributed by atoms with Crippen LogP contribution in [0.3, 0.4) is 0 Å². The van der Waals surface area contributed by atoms with Crippen molar-refractivity contribution in [2.75, 3.05) is 18.8 Å². The van der Waals surface area contributed by atoms with E-state index < -0.39 is 5.54 Å². The minimum absolute atomic E-state index is 0.108.